The first-order chi connectivity index (χ1) is 11.3. The number of hydrogen-bond acceptors (Lipinski definition) is 6. The second-order valence-electron chi connectivity index (χ2n) is 6.06. The van der Waals surface area contributed by atoms with E-state index in [2.05, 4.69) is 0 Å². The highest BCUT2D eigenvalue weighted by Gasteiger charge is 2.46. The summed E-state index contributed by atoms with van der Waals surface area (Å²) in [6.45, 7) is 3.79. The quantitative estimate of drug-likeness (QED) is 0.770. The van der Waals surface area contributed by atoms with Gasteiger partial charge in [0.05, 0.1) is 26.9 Å². The number of hydrogen-bond donors (Lipinski definition) is 0. The fraction of sp³-hybridized carbons (Fsp3) is 0.625. The van der Waals surface area contributed by atoms with Crippen LogP contribution in [-0.4, -0.2) is 64.0 Å². The Labute approximate surface area is 144 Å². The van der Waals surface area contributed by atoms with Gasteiger partial charge >= 0.3 is 0 Å². The molecule has 0 spiro atoms. The normalized spacial score (nSPS) is 22.3. The minimum Gasteiger partial charge on any atom is -0.493 e. The maximum Gasteiger partial charge on any atom is 0.221 e. The molecule has 0 amide bonds. The van der Waals surface area contributed by atoms with Crippen LogP contribution in [0.15, 0.2) is 18.2 Å². The van der Waals surface area contributed by atoms with Crippen molar-refractivity contribution < 1.29 is 22.7 Å². The Morgan fingerprint density at radius 1 is 1.29 bits per heavy atom. The highest BCUT2D eigenvalue weighted by atomic mass is 32.2. The van der Waals surface area contributed by atoms with Crippen LogP contribution in [0.2, 0.25) is 0 Å². The lowest BCUT2D eigenvalue weighted by Gasteiger charge is -2.29. The molecule has 2 rings (SSSR count). The van der Waals surface area contributed by atoms with Crippen LogP contribution in [0.1, 0.15) is 25.5 Å². The standard InChI is InChI=1S/C16H26N2O5S/c1-11(2)18(4)24(19,20)14-10-23-17(3)15(14)12-8-7-9-13(21-5)16(12)22-6/h7-9,11,14-15H,10H2,1-6H3/t14-,15+/m0/s1. The van der Waals surface area contributed by atoms with E-state index in [1.807, 2.05) is 26.0 Å². The lowest BCUT2D eigenvalue weighted by molar-refractivity contribution is -0.110. The van der Waals surface area contributed by atoms with Gasteiger partial charge in [-0.3, -0.25) is 4.84 Å². The third-order valence-corrected chi connectivity index (χ3v) is 6.83. The van der Waals surface area contributed by atoms with Crippen molar-refractivity contribution in [3.8, 4) is 11.5 Å². The molecule has 2 atom stereocenters. The van der Waals surface area contributed by atoms with Gasteiger partial charge in [0.1, 0.15) is 5.25 Å². The summed E-state index contributed by atoms with van der Waals surface area (Å²) in [5, 5.41) is 0.851. The molecule has 1 heterocycles. The average Bonchev–Trinajstić information content (AvgIpc) is 2.95. The Hall–Kier alpha value is -1.35. The number of sulfonamides is 1. The van der Waals surface area contributed by atoms with E-state index < -0.39 is 21.3 Å². The van der Waals surface area contributed by atoms with Gasteiger partial charge in [-0.05, 0) is 19.9 Å². The highest BCUT2D eigenvalue weighted by molar-refractivity contribution is 7.89. The zero-order valence-corrected chi connectivity index (χ0v) is 15.8. The Kier molecular flexibility index (Phi) is 5.74. The van der Waals surface area contributed by atoms with Crippen molar-refractivity contribution in [3.63, 3.8) is 0 Å². The summed E-state index contributed by atoms with van der Waals surface area (Å²) in [4.78, 5) is 5.55. The molecule has 1 aromatic carbocycles. The molecule has 1 aliphatic rings. The molecule has 0 saturated carbocycles. The van der Waals surface area contributed by atoms with Gasteiger partial charge in [-0.1, -0.05) is 12.1 Å². The molecule has 0 unspecified atom stereocenters. The Balaban J connectivity index is 2.52. The van der Waals surface area contributed by atoms with Gasteiger partial charge in [0.25, 0.3) is 0 Å². The fourth-order valence-electron chi connectivity index (χ4n) is 2.89. The zero-order chi connectivity index (χ0) is 18.1. The topological polar surface area (TPSA) is 68.3 Å². The molecule has 136 valence electrons. The van der Waals surface area contributed by atoms with Crippen molar-refractivity contribution in [2.24, 2.45) is 0 Å². The molecule has 7 nitrogen and oxygen atoms in total. The maximum atomic E-state index is 13.0. The molecule has 0 bridgehead atoms. The number of nitrogens with zero attached hydrogens (tertiary/aromatic N) is 2. The van der Waals surface area contributed by atoms with Crippen LogP contribution in [0.5, 0.6) is 11.5 Å². The fourth-order valence-corrected chi connectivity index (χ4v) is 4.79. The van der Waals surface area contributed by atoms with E-state index >= 15 is 0 Å². The number of rotatable bonds is 6. The van der Waals surface area contributed by atoms with Gasteiger partial charge in [0.2, 0.25) is 10.0 Å². The van der Waals surface area contributed by atoms with E-state index in [9.17, 15) is 8.42 Å². The van der Waals surface area contributed by atoms with Crippen molar-refractivity contribution in [1.29, 1.82) is 0 Å². The third kappa shape index (κ3) is 3.23. The lowest BCUT2D eigenvalue weighted by atomic mass is 10.0. The van der Waals surface area contributed by atoms with Crippen molar-refractivity contribution >= 4 is 10.0 Å². The summed E-state index contributed by atoms with van der Waals surface area (Å²) < 4.78 is 38.2. The number of benzene rings is 1. The van der Waals surface area contributed by atoms with E-state index in [-0.39, 0.29) is 12.6 Å². The van der Waals surface area contributed by atoms with E-state index in [1.165, 1.54) is 4.31 Å². The van der Waals surface area contributed by atoms with Gasteiger partial charge in [0.15, 0.2) is 11.5 Å². The Bertz CT molecular complexity index is 677. The molecule has 1 aliphatic heterocycles. The number of methoxy groups -OCH3 is 2. The first-order valence-corrected chi connectivity index (χ1v) is 9.29. The Morgan fingerprint density at radius 2 is 1.96 bits per heavy atom. The number of hydroxylamine groups is 2. The third-order valence-electron chi connectivity index (χ3n) is 4.45. The van der Waals surface area contributed by atoms with Crippen LogP contribution in [-0.2, 0) is 14.9 Å². The van der Waals surface area contributed by atoms with E-state index in [1.54, 1.807) is 39.4 Å². The molecule has 0 aliphatic carbocycles. The summed E-state index contributed by atoms with van der Waals surface area (Å²) >= 11 is 0. The van der Waals surface area contributed by atoms with Crippen LogP contribution in [0.25, 0.3) is 0 Å². The molecule has 1 aromatic rings. The van der Waals surface area contributed by atoms with Gasteiger partial charge in [-0.25, -0.2) is 12.7 Å². The minimum absolute atomic E-state index is 0.0981. The van der Waals surface area contributed by atoms with Gasteiger partial charge in [-0.2, -0.15) is 5.06 Å². The Morgan fingerprint density at radius 3 is 2.50 bits per heavy atom. The second-order valence-corrected chi connectivity index (χ2v) is 8.27. The van der Waals surface area contributed by atoms with Crippen molar-refractivity contribution in [2.45, 2.75) is 31.2 Å². The summed E-state index contributed by atoms with van der Waals surface area (Å²) in [6.07, 6.45) is 0. The molecular weight excluding hydrogens is 332 g/mol. The van der Waals surface area contributed by atoms with E-state index in [0.29, 0.717) is 11.5 Å². The summed E-state index contributed by atoms with van der Waals surface area (Å²) in [7, 11) is 2.88. The van der Waals surface area contributed by atoms with Crippen molar-refractivity contribution in [2.75, 3.05) is 34.9 Å². The summed E-state index contributed by atoms with van der Waals surface area (Å²) in [6, 6.07) is 4.82. The molecular formula is C16H26N2O5S. The predicted molar refractivity (Wildman–Crippen MR) is 91.6 cm³/mol. The molecule has 0 radical (unpaired) electrons. The van der Waals surface area contributed by atoms with Crippen LogP contribution in [0, 0.1) is 0 Å². The molecule has 8 heteroatoms. The number of para-hydroxylation sites is 1. The van der Waals surface area contributed by atoms with Crippen LogP contribution in [0.4, 0.5) is 0 Å². The van der Waals surface area contributed by atoms with Gasteiger partial charge < -0.3 is 9.47 Å². The summed E-state index contributed by atoms with van der Waals surface area (Å²) in [5.41, 5.74) is 0.725. The van der Waals surface area contributed by atoms with Crippen LogP contribution >= 0.6 is 0 Å². The molecule has 1 fully saturated rings. The lowest BCUT2D eigenvalue weighted by Crippen LogP contribution is -2.43. The summed E-state index contributed by atoms with van der Waals surface area (Å²) in [5.74, 6) is 1.08. The second kappa shape index (κ2) is 7.26. The van der Waals surface area contributed by atoms with E-state index in [0.717, 1.165) is 5.56 Å². The van der Waals surface area contributed by atoms with Crippen LogP contribution < -0.4 is 9.47 Å². The first kappa shape index (κ1) is 19.0. The maximum absolute atomic E-state index is 13.0. The molecule has 0 N–H and O–H groups in total. The van der Waals surface area contributed by atoms with Crippen molar-refractivity contribution in [1.82, 2.24) is 9.37 Å². The van der Waals surface area contributed by atoms with Gasteiger partial charge in [0, 0.05) is 25.7 Å². The SMILES string of the molecule is COc1cccc([C@@H]2[C@@H](S(=O)(=O)N(C)C(C)C)CON2C)c1OC. The average molecular weight is 358 g/mol. The van der Waals surface area contributed by atoms with Gasteiger partial charge in [-0.15, -0.1) is 0 Å². The van der Waals surface area contributed by atoms with E-state index in [4.69, 9.17) is 14.3 Å². The van der Waals surface area contributed by atoms with Crippen LogP contribution in [0.3, 0.4) is 0 Å². The first-order valence-electron chi connectivity index (χ1n) is 7.79. The number of ether oxygens (including phenoxy) is 2. The molecule has 24 heavy (non-hydrogen) atoms. The monoisotopic (exact) mass is 358 g/mol. The predicted octanol–water partition coefficient (Wildman–Crippen LogP) is 1.66. The zero-order valence-electron chi connectivity index (χ0n) is 15.0. The molecule has 0 aromatic heterocycles. The molecule has 1 saturated heterocycles. The smallest absolute Gasteiger partial charge is 0.221 e. The minimum atomic E-state index is -3.54. The highest BCUT2D eigenvalue weighted by Crippen LogP contribution is 2.42. The largest absolute Gasteiger partial charge is 0.493 e. The van der Waals surface area contributed by atoms with Crippen molar-refractivity contribution in [3.05, 3.63) is 23.8 Å².